The molecule has 0 atom stereocenters. The summed E-state index contributed by atoms with van der Waals surface area (Å²) in [6.07, 6.45) is 1.26. The van der Waals surface area contributed by atoms with Crippen LogP contribution < -0.4 is 16.5 Å². The zero-order valence-corrected chi connectivity index (χ0v) is 14.0. The number of nitrogens with one attached hydrogen (secondary N) is 3. The number of aromatic nitrogens is 3. The molecule has 0 spiro atoms. The van der Waals surface area contributed by atoms with E-state index in [1.54, 1.807) is 6.07 Å². The number of benzene rings is 1. The number of thioether (sulfide) groups is 1. The van der Waals surface area contributed by atoms with Crippen molar-refractivity contribution in [2.75, 3.05) is 16.8 Å². The van der Waals surface area contributed by atoms with Gasteiger partial charge >= 0.3 is 6.03 Å². The van der Waals surface area contributed by atoms with Crippen molar-refractivity contribution in [3.8, 4) is 0 Å². The zero-order chi connectivity index (χ0) is 18.9. The van der Waals surface area contributed by atoms with Gasteiger partial charge < -0.3 is 5.73 Å². The Kier molecular flexibility index (Phi) is 6.61. The SMILES string of the molecule is NC(=O)N/N=C(/CSCC(=O)Nc1ncn[nH]1)c1cccc([N+](=O)[O-])c1. The molecule has 0 aliphatic heterocycles. The monoisotopic (exact) mass is 378 g/mol. The van der Waals surface area contributed by atoms with E-state index in [2.05, 4.69) is 31.0 Å². The molecule has 0 radical (unpaired) electrons. The Labute approximate surface area is 150 Å². The molecule has 1 aromatic heterocycles. The molecule has 5 N–H and O–H groups in total. The number of hydrogen-bond acceptors (Lipinski definition) is 8. The number of rotatable bonds is 8. The third-order valence-electron chi connectivity index (χ3n) is 2.84. The molecule has 1 heterocycles. The van der Waals surface area contributed by atoms with Gasteiger partial charge in [0.15, 0.2) is 0 Å². The molecule has 12 nitrogen and oxygen atoms in total. The van der Waals surface area contributed by atoms with Crippen LogP contribution in [-0.2, 0) is 4.79 Å². The summed E-state index contributed by atoms with van der Waals surface area (Å²) in [7, 11) is 0. The van der Waals surface area contributed by atoms with Crippen LogP contribution in [-0.4, -0.2) is 49.3 Å². The van der Waals surface area contributed by atoms with Crippen LogP contribution in [0.3, 0.4) is 0 Å². The molecule has 0 fully saturated rings. The molecule has 26 heavy (non-hydrogen) atoms. The van der Waals surface area contributed by atoms with Gasteiger partial charge in [-0.2, -0.15) is 15.2 Å². The van der Waals surface area contributed by atoms with E-state index in [1.165, 1.54) is 36.3 Å². The lowest BCUT2D eigenvalue weighted by atomic mass is 10.1. The first-order valence-corrected chi connectivity index (χ1v) is 8.21. The fourth-order valence-corrected chi connectivity index (χ4v) is 2.56. The number of non-ortho nitro benzene ring substituents is 1. The fraction of sp³-hybridized carbons (Fsp3) is 0.154. The molecular weight excluding hydrogens is 364 g/mol. The molecule has 0 bridgehead atoms. The van der Waals surface area contributed by atoms with E-state index in [1.807, 2.05) is 0 Å². The van der Waals surface area contributed by atoms with Crippen molar-refractivity contribution in [3.63, 3.8) is 0 Å². The van der Waals surface area contributed by atoms with E-state index < -0.39 is 11.0 Å². The van der Waals surface area contributed by atoms with Gasteiger partial charge in [0.2, 0.25) is 11.9 Å². The predicted molar refractivity (Wildman–Crippen MR) is 94.7 cm³/mol. The van der Waals surface area contributed by atoms with Gasteiger partial charge in [0.05, 0.1) is 16.4 Å². The molecule has 0 aliphatic carbocycles. The number of carbonyl (C=O) groups excluding carboxylic acids is 2. The Morgan fingerprint density at radius 3 is 2.85 bits per heavy atom. The van der Waals surface area contributed by atoms with Crippen molar-refractivity contribution >= 4 is 41.0 Å². The average Bonchev–Trinajstić information content (AvgIpc) is 3.10. The van der Waals surface area contributed by atoms with Gasteiger partial charge in [-0.1, -0.05) is 12.1 Å². The first kappa shape index (κ1) is 18.9. The van der Waals surface area contributed by atoms with Gasteiger partial charge in [-0.05, 0) is 0 Å². The van der Waals surface area contributed by atoms with Crippen LogP contribution in [0.5, 0.6) is 0 Å². The van der Waals surface area contributed by atoms with E-state index in [0.717, 1.165) is 0 Å². The number of nitrogens with zero attached hydrogens (tertiary/aromatic N) is 4. The molecule has 136 valence electrons. The van der Waals surface area contributed by atoms with Crippen molar-refractivity contribution in [1.82, 2.24) is 20.6 Å². The smallest absolute Gasteiger partial charge is 0.332 e. The summed E-state index contributed by atoms with van der Waals surface area (Å²) in [4.78, 5) is 36.8. The molecular formula is C13H14N8O4S. The quantitative estimate of drug-likeness (QED) is 0.292. The second-order valence-corrected chi connectivity index (χ2v) is 5.70. The maximum atomic E-state index is 11.8. The molecule has 0 aliphatic rings. The summed E-state index contributed by atoms with van der Waals surface area (Å²) in [5, 5.41) is 23.4. The minimum absolute atomic E-state index is 0.0607. The standard InChI is InChI=1S/C13H14N8O4S/c14-12(23)19-18-10(8-2-1-3-9(4-8)21(24)25)5-26-6-11(22)17-13-15-7-16-20-13/h1-4,7H,5-6H2,(H3,14,19,23)(H2,15,16,17,20,22)/b18-10-. The highest BCUT2D eigenvalue weighted by Gasteiger charge is 2.12. The van der Waals surface area contributed by atoms with Crippen LogP contribution in [0.4, 0.5) is 16.4 Å². The Morgan fingerprint density at radius 1 is 1.38 bits per heavy atom. The van der Waals surface area contributed by atoms with E-state index in [4.69, 9.17) is 5.73 Å². The fourth-order valence-electron chi connectivity index (χ4n) is 1.78. The highest BCUT2D eigenvalue weighted by atomic mass is 32.2. The minimum Gasteiger partial charge on any atom is -0.350 e. The molecule has 2 aromatic rings. The van der Waals surface area contributed by atoms with E-state index in [9.17, 15) is 19.7 Å². The van der Waals surface area contributed by atoms with Crippen LogP contribution in [0.2, 0.25) is 0 Å². The Balaban J connectivity index is 2.02. The number of anilines is 1. The van der Waals surface area contributed by atoms with Gasteiger partial charge in [-0.25, -0.2) is 15.3 Å². The molecule has 1 aromatic carbocycles. The van der Waals surface area contributed by atoms with Crippen molar-refractivity contribution in [2.45, 2.75) is 0 Å². The normalized spacial score (nSPS) is 11.0. The number of aromatic amines is 1. The molecule has 2 rings (SSSR count). The first-order valence-electron chi connectivity index (χ1n) is 7.05. The van der Waals surface area contributed by atoms with Crippen LogP contribution >= 0.6 is 11.8 Å². The van der Waals surface area contributed by atoms with E-state index in [0.29, 0.717) is 11.3 Å². The van der Waals surface area contributed by atoms with Crippen LogP contribution in [0.25, 0.3) is 0 Å². The molecule has 0 unspecified atom stereocenters. The van der Waals surface area contributed by atoms with E-state index >= 15 is 0 Å². The number of urea groups is 1. The van der Waals surface area contributed by atoms with Crippen LogP contribution in [0.15, 0.2) is 35.7 Å². The van der Waals surface area contributed by atoms with Crippen molar-refractivity contribution in [1.29, 1.82) is 0 Å². The molecule has 3 amide bonds. The Morgan fingerprint density at radius 2 is 2.19 bits per heavy atom. The Bertz CT molecular complexity index is 823. The number of nitro benzene ring substituents is 1. The largest absolute Gasteiger partial charge is 0.350 e. The number of hydrogen-bond donors (Lipinski definition) is 4. The summed E-state index contributed by atoms with van der Waals surface area (Å²) in [6.45, 7) is 0. The number of primary amides is 1. The minimum atomic E-state index is -0.874. The highest BCUT2D eigenvalue weighted by molar-refractivity contribution is 8.00. The van der Waals surface area contributed by atoms with Gasteiger partial charge in [0, 0.05) is 23.4 Å². The summed E-state index contributed by atoms with van der Waals surface area (Å²) in [5.74, 6) is 0.155. The summed E-state index contributed by atoms with van der Waals surface area (Å²) >= 11 is 1.19. The van der Waals surface area contributed by atoms with Gasteiger partial charge in [-0.15, -0.1) is 11.8 Å². The Hall–Kier alpha value is -3.48. The molecule has 13 heteroatoms. The van der Waals surface area contributed by atoms with Crippen molar-refractivity contribution in [2.24, 2.45) is 10.8 Å². The summed E-state index contributed by atoms with van der Waals surface area (Å²) in [6, 6.07) is 4.87. The van der Waals surface area contributed by atoms with Crippen molar-refractivity contribution < 1.29 is 14.5 Å². The summed E-state index contributed by atoms with van der Waals surface area (Å²) in [5.41, 5.74) is 7.71. The third kappa shape index (κ3) is 5.86. The average molecular weight is 378 g/mol. The van der Waals surface area contributed by atoms with Gasteiger partial charge in [0.1, 0.15) is 6.33 Å². The van der Waals surface area contributed by atoms with Gasteiger partial charge in [0.25, 0.3) is 5.69 Å². The lowest BCUT2D eigenvalue weighted by molar-refractivity contribution is -0.384. The highest BCUT2D eigenvalue weighted by Crippen LogP contribution is 2.16. The predicted octanol–water partition coefficient (Wildman–Crippen LogP) is 0.457. The number of carbonyl (C=O) groups is 2. The number of nitro groups is 1. The number of nitrogens with two attached hydrogens (primary N) is 1. The second kappa shape index (κ2) is 9.12. The molecule has 0 saturated carbocycles. The van der Waals surface area contributed by atoms with E-state index in [-0.39, 0.29) is 29.0 Å². The third-order valence-corrected chi connectivity index (χ3v) is 3.78. The van der Waals surface area contributed by atoms with Crippen molar-refractivity contribution in [3.05, 3.63) is 46.3 Å². The lowest BCUT2D eigenvalue weighted by Crippen LogP contribution is -2.26. The topological polar surface area (TPSA) is 181 Å². The lowest BCUT2D eigenvalue weighted by Gasteiger charge is -2.07. The maximum absolute atomic E-state index is 11.8. The first-order chi connectivity index (χ1) is 12.5. The van der Waals surface area contributed by atoms with Gasteiger partial charge in [-0.3, -0.25) is 20.2 Å². The number of H-pyrrole nitrogens is 1. The number of amides is 3. The molecule has 0 saturated heterocycles. The zero-order valence-electron chi connectivity index (χ0n) is 13.2. The maximum Gasteiger partial charge on any atom is 0.332 e. The van der Waals surface area contributed by atoms with Crippen LogP contribution in [0, 0.1) is 10.1 Å². The summed E-state index contributed by atoms with van der Waals surface area (Å²) < 4.78 is 0. The van der Waals surface area contributed by atoms with Crippen LogP contribution in [0.1, 0.15) is 5.56 Å². The number of hydrazone groups is 1. The second-order valence-electron chi connectivity index (χ2n) is 4.72.